The highest BCUT2D eigenvalue weighted by atomic mass is 16.3. The molecule has 1 aromatic carbocycles. The standard InChI is InChI=1S/C7H8O.C5H7NO/c8-6-7-4-2-1-3-5-7;7-4-5-1-2-6-3-5/h1-5,8H,6H2;1-3,6-7H,4H2. The summed E-state index contributed by atoms with van der Waals surface area (Å²) in [5, 5.41) is 16.9. The number of H-pyrrole nitrogens is 1. The fourth-order valence-corrected chi connectivity index (χ4v) is 1.04. The van der Waals surface area contributed by atoms with E-state index in [0.29, 0.717) is 0 Å². The largest absolute Gasteiger partial charge is 0.392 e. The first-order valence-corrected chi connectivity index (χ1v) is 4.74. The van der Waals surface area contributed by atoms with Crippen LogP contribution in [0.4, 0.5) is 0 Å². The van der Waals surface area contributed by atoms with Crippen LogP contribution in [-0.4, -0.2) is 15.2 Å². The molecule has 0 atom stereocenters. The Morgan fingerprint density at radius 2 is 1.53 bits per heavy atom. The fraction of sp³-hybridized carbons (Fsp3) is 0.167. The quantitative estimate of drug-likeness (QED) is 0.698. The van der Waals surface area contributed by atoms with E-state index in [0.717, 1.165) is 11.1 Å². The second-order valence-corrected chi connectivity index (χ2v) is 3.02. The van der Waals surface area contributed by atoms with Crippen LogP contribution < -0.4 is 0 Å². The van der Waals surface area contributed by atoms with Crippen molar-refractivity contribution in [1.82, 2.24) is 4.98 Å². The molecule has 80 valence electrons. The number of benzene rings is 1. The van der Waals surface area contributed by atoms with Crippen molar-refractivity contribution >= 4 is 0 Å². The van der Waals surface area contributed by atoms with Crippen LogP contribution in [0.3, 0.4) is 0 Å². The summed E-state index contributed by atoms with van der Waals surface area (Å²) in [6, 6.07) is 11.4. The van der Waals surface area contributed by atoms with Gasteiger partial charge in [-0.15, -0.1) is 0 Å². The van der Waals surface area contributed by atoms with E-state index >= 15 is 0 Å². The summed E-state index contributed by atoms with van der Waals surface area (Å²) in [4.78, 5) is 2.82. The molecule has 0 saturated heterocycles. The maximum Gasteiger partial charge on any atom is 0.0696 e. The Hall–Kier alpha value is -1.58. The van der Waals surface area contributed by atoms with Crippen LogP contribution >= 0.6 is 0 Å². The van der Waals surface area contributed by atoms with Gasteiger partial charge >= 0.3 is 0 Å². The van der Waals surface area contributed by atoms with E-state index in [1.807, 2.05) is 36.4 Å². The monoisotopic (exact) mass is 205 g/mol. The molecule has 0 radical (unpaired) electrons. The first-order chi connectivity index (χ1) is 7.36. The highest BCUT2D eigenvalue weighted by Crippen LogP contribution is 1.95. The van der Waals surface area contributed by atoms with E-state index < -0.39 is 0 Å². The van der Waals surface area contributed by atoms with Gasteiger partial charge in [-0.25, -0.2) is 0 Å². The van der Waals surface area contributed by atoms with Crippen molar-refractivity contribution in [2.24, 2.45) is 0 Å². The molecule has 0 aliphatic carbocycles. The number of rotatable bonds is 2. The Morgan fingerprint density at radius 3 is 1.87 bits per heavy atom. The summed E-state index contributed by atoms with van der Waals surface area (Å²) < 4.78 is 0. The molecule has 0 spiro atoms. The van der Waals surface area contributed by atoms with Crippen LogP contribution in [0, 0.1) is 0 Å². The first-order valence-electron chi connectivity index (χ1n) is 4.74. The molecule has 1 aromatic heterocycles. The van der Waals surface area contributed by atoms with Crippen LogP contribution in [0.5, 0.6) is 0 Å². The first kappa shape index (κ1) is 11.5. The normalized spacial score (nSPS) is 9.20. The highest BCUT2D eigenvalue weighted by Gasteiger charge is 1.82. The minimum absolute atomic E-state index is 0.128. The van der Waals surface area contributed by atoms with E-state index in [9.17, 15) is 0 Å². The fourth-order valence-electron chi connectivity index (χ4n) is 1.04. The number of aliphatic hydroxyl groups excluding tert-OH is 2. The zero-order valence-electron chi connectivity index (χ0n) is 8.43. The Balaban J connectivity index is 0.000000151. The van der Waals surface area contributed by atoms with Gasteiger partial charge in [0.25, 0.3) is 0 Å². The number of aromatic amines is 1. The average Bonchev–Trinajstić information content (AvgIpc) is 2.84. The van der Waals surface area contributed by atoms with Crippen molar-refractivity contribution in [3.05, 3.63) is 59.9 Å². The lowest BCUT2D eigenvalue weighted by atomic mass is 10.2. The van der Waals surface area contributed by atoms with Crippen molar-refractivity contribution in [2.45, 2.75) is 13.2 Å². The molecule has 3 heteroatoms. The number of hydrogen-bond donors (Lipinski definition) is 3. The Kier molecular flexibility index (Phi) is 5.22. The van der Waals surface area contributed by atoms with Gasteiger partial charge in [-0.05, 0) is 17.2 Å². The van der Waals surface area contributed by atoms with Gasteiger partial charge in [-0.2, -0.15) is 0 Å². The van der Waals surface area contributed by atoms with Gasteiger partial charge in [0, 0.05) is 12.4 Å². The molecule has 3 nitrogen and oxygen atoms in total. The smallest absolute Gasteiger partial charge is 0.0696 e. The minimum Gasteiger partial charge on any atom is -0.392 e. The summed E-state index contributed by atoms with van der Waals surface area (Å²) in [6.07, 6.45) is 3.55. The van der Waals surface area contributed by atoms with Gasteiger partial charge in [-0.3, -0.25) is 0 Å². The van der Waals surface area contributed by atoms with E-state index in [4.69, 9.17) is 10.2 Å². The molecule has 2 aromatic rings. The number of aromatic nitrogens is 1. The van der Waals surface area contributed by atoms with Crippen LogP contribution in [-0.2, 0) is 13.2 Å². The Morgan fingerprint density at radius 1 is 0.867 bits per heavy atom. The van der Waals surface area contributed by atoms with Gasteiger partial charge in [0.05, 0.1) is 13.2 Å². The minimum atomic E-state index is 0.128. The topological polar surface area (TPSA) is 56.2 Å². The number of nitrogens with one attached hydrogen (secondary N) is 1. The number of aliphatic hydroxyl groups is 2. The summed E-state index contributed by atoms with van der Waals surface area (Å²) in [6.45, 7) is 0.268. The van der Waals surface area contributed by atoms with E-state index in [1.54, 1.807) is 12.4 Å². The highest BCUT2D eigenvalue weighted by molar-refractivity contribution is 5.12. The van der Waals surface area contributed by atoms with Gasteiger partial charge < -0.3 is 15.2 Å². The maximum atomic E-state index is 8.54. The maximum absolute atomic E-state index is 8.54. The lowest BCUT2D eigenvalue weighted by Crippen LogP contribution is -1.77. The molecule has 1 heterocycles. The lowest BCUT2D eigenvalue weighted by Gasteiger charge is -1.89. The number of hydrogen-bond acceptors (Lipinski definition) is 2. The molecular weight excluding hydrogens is 190 g/mol. The molecule has 0 aliphatic rings. The third-order valence-electron chi connectivity index (χ3n) is 1.87. The molecule has 15 heavy (non-hydrogen) atoms. The van der Waals surface area contributed by atoms with Crippen molar-refractivity contribution in [1.29, 1.82) is 0 Å². The summed E-state index contributed by atoms with van der Waals surface area (Å²) in [5.74, 6) is 0. The van der Waals surface area contributed by atoms with Gasteiger partial charge in [0.15, 0.2) is 0 Å². The third kappa shape index (κ3) is 4.44. The molecule has 0 amide bonds. The predicted molar refractivity (Wildman–Crippen MR) is 59.1 cm³/mol. The third-order valence-corrected chi connectivity index (χ3v) is 1.87. The summed E-state index contributed by atoms with van der Waals surface area (Å²) in [5.41, 5.74) is 1.90. The summed E-state index contributed by atoms with van der Waals surface area (Å²) in [7, 11) is 0. The average molecular weight is 205 g/mol. The zero-order chi connectivity index (χ0) is 10.9. The van der Waals surface area contributed by atoms with Crippen molar-refractivity contribution in [3.63, 3.8) is 0 Å². The van der Waals surface area contributed by atoms with E-state index in [1.165, 1.54) is 0 Å². The molecule has 3 N–H and O–H groups in total. The molecule has 0 bridgehead atoms. The van der Waals surface area contributed by atoms with E-state index in [-0.39, 0.29) is 13.2 Å². The predicted octanol–water partition coefficient (Wildman–Crippen LogP) is 1.69. The molecule has 0 unspecified atom stereocenters. The lowest BCUT2D eigenvalue weighted by molar-refractivity contribution is 0.281. The molecule has 0 fully saturated rings. The molecular formula is C12H15NO2. The van der Waals surface area contributed by atoms with Gasteiger partial charge in [0.1, 0.15) is 0 Å². The van der Waals surface area contributed by atoms with Gasteiger partial charge in [-0.1, -0.05) is 30.3 Å². The zero-order valence-corrected chi connectivity index (χ0v) is 8.43. The van der Waals surface area contributed by atoms with Crippen LogP contribution in [0.15, 0.2) is 48.8 Å². The molecule has 2 rings (SSSR count). The molecule has 0 saturated carbocycles. The second-order valence-electron chi connectivity index (χ2n) is 3.02. The second kappa shape index (κ2) is 6.81. The van der Waals surface area contributed by atoms with Crippen LogP contribution in [0.1, 0.15) is 11.1 Å². The van der Waals surface area contributed by atoms with Crippen molar-refractivity contribution in [2.75, 3.05) is 0 Å². The molecule has 0 aliphatic heterocycles. The van der Waals surface area contributed by atoms with E-state index in [2.05, 4.69) is 4.98 Å². The van der Waals surface area contributed by atoms with Crippen molar-refractivity contribution < 1.29 is 10.2 Å². The summed E-state index contributed by atoms with van der Waals surface area (Å²) >= 11 is 0. The van der Waals surface area contributed by atoms with Crippen LogP contribution in [0.25, 0.3) is 0 Å². The Bertz CT molecular complexity index is 343. The SMILES string of the molecule is OCc1cc[nH]c1.OCc1ccccc1. The van der Waals surface area contributed by atoms with Gasteiger partial charge in [0.2, 0.25) is 0 Å². The van der Waals surface area contributed by atoms with Crippen LogP contribution in [0.2, 0.25) is 0 Å². The van der Waals surface area contributed by atoms with Crippen molar-refractivity contribution in [3.8, 4) is 0 Å². The Labute approximate surface area is 89.0 Å².